The Hall–Kier alpha value is -1.65. The second kappa shape index (κ2) is 5.38. The third-order valence-electron chi connectivity index (χ3n) is 3.37. The number of thiophene rings is 1. The van der Waals surface area contributed by atoms with Crippen LogP contribution in [-0.2, 0) is 0 Å². The van der Waals surface area contributed by atoms with E-state index in [-0.39, 0.29) is 11.9 Å². The predicted molar refractivity (Wildman–Crippen MR) is 80.7 cm³/mol. The monoisotopic (exact) mass is 289 g/mol. The molecule has 0 spiro atoms. The van der Waals surface area contributed by atoms with Crippen molar-refractivity contribution >= 4 is 22.3 Å². The fraction of sp³-hybridized carbons (Fsp3) is 0.250. The van der Waals surface area contributed by atoms with Gasteiger partial charge >= 0.3 is 0 Å². The van der Waals surface area contributed by atoms with Gasteiger partial charge in [-0.25, -0.2) is 4.39 Å². The van der Waals surface area contributed by atoms with Gasteiger partial charge in [-0.15, -0.1) is 11.3 Å². The minimum Gasteiger partial charge on any atom is -0.456 e. The standard InChI is InChI=1S/C16H16FNOS/c1-3-18-14(16-10(2)7-8-20-16)13-9-11-5-4-6-12(17)15(11)19-13/h4-9,14,18H,3H2,1-2H3. The molecule has 104 valence electrons. The molecule has 0 amide bonds. The zero-order valence-electron chi connectivity index (χ0n) is 11.4. The number of hydrogen-bond donors (Lipinski definition) is 1. The second-order valence-electron chi connectivity index (χ2n) is 4.77. The Kier molecular flexibility index (Phi) is 3.59. The van der Waals surface area contributed by atoms with Gasteiger partial charge in [0.05, 0.1) is 0 Å². The first-order valence-corrected chi connectivity index (χ1v) is 7.54. The van der Waals surface area contributed by atoms with Gasteiger partial charge in [0.1, 0.15) is 11.8 Å². The van der Waals surface area contributed by atoms with E-state index in [0.29, 0.717) is 5.58 Å². The van der Waals surface area contributed by atoms with Gasteiger partial charge < -0.3 is 9.73 Å². The number of furan rings is 1. The molecule has 0 saturated carbocycles. The first-order chi connectivity index (χ1) is 9.70. The van der Waals surface area contributed by atoms with E-state index in [9.17, 15) is 4.39 Å². The van der Waals surface area contributed by atoms with Gasteiger partial charge in [0.25, 0.3) is 0 Å². The maximum Gasteiger partial charge on any atom is 0.169 e. The molecule has 0 saturated heterocycles. The molecule has 0 aliphatic rings. The van der Waals surface area contributed by atoms with Crippen molar-refractivity contribution in [2.24, 2.45) is 0 Å². The summed E-state index contributed by atoms with van der Waals surface area (Å²) in [7, 11) is 0. The third-order valence-corrected chi connectivity index (χ3v) is 4.46. The maximum atomic E-state index is 13.8. The Balaban J connectivity index is 2.10. The van der Waals surface area contributed by atoms with Crippen molar-refractivity contribution in [3.63, 3.8) is 0 Å². The molecule has 3 rings (SSSR count). The Morgan fingerprint density at radius 2 is 2.20 bits per heavy atom. The van der Waals surface area contributed by atoms with Crippen LogP contribution in [0.15, 0.2) is 40.1 Å². The number of nitrogens with one attached hydrogen (secondary N) is 1. The van der Waals surface area contributed by atoms with Crippen molar-refractivity contribution in [1.82, 2.24) is 5.32 Å². The highest BCUT2D eigenvalue weighted by Crippen LogP contribution is 2.33. The van der Waals surface area contributed by atoms with Crippen molar-refractivity contribution in [3.8, 4) is 0 Å². The summed E-state index contributed by atoms with van der Waals surface area (Å²) in [5, 5.41) is 6.29. The van der Waals surface area contributed by atoms with Crippen molar-refractivity contribution in [2.45, 2.75) is 19.9 Å². The molecule has 1 aromatic carbocycles. The highest BCUT2D eigenvalue weighted by Gasteiger charge is 2.21. The number of halogens is 1. The molecule has 1 atom stereocenters. The second-order valence-corrected chi connectivity index (χ2v) is 5.71. The largest absolute Gasteiger partial charge is 0.456 e. The summed E-state index contributed by atoms with van der Waals surface area (Å²) in [6, 6.07) is 8.99. The molecular weight excluding hydrogens is 273 g/mol. The van der Waals surface area contributed by atoms with Gasteiger partial charge in [0.2, 0.25) is 0 Å². The minimum atomic E-state index is -0.313. The van der Waals surface area contributed by atoms with Crippen molar-refractivity contribution in [3.05, 3.63) is 57.7 Å². The topological polar surface area (TPSA) is 25.2 Å². The fourth-order valence-electron chi connectivity index (χ4n) is 2.40. The Morgan fingerprint density at radius 1 is 1.35 bits per heavy atom. The van der Waals surface area contributed by atoms with E-state index in [1.807, 2.05) is 12.1 Å². The van der Waals surface area contributed by atoms with Crippen LogP contribution in [0.4, 0.5) is 4.39 Å². The van der Waals surface area contributed by atoms with E-state index >= 15 is 0 Å². The fourth-order valence-corrected chi connectivity index (χ4v) is 3.40. The van der Waals surface area contributed by atoms with Crippen LogP contribution < -0.4 is 5.32 Å². The van der Waals surface area contributed by atoms with E-state index in [2.05, 4.69) is 30.6 Å². The van der Waals surface area contributed by atoms with E-state index in [1.54, 1.807) is 17.4 Å². The minimum absolute atomic E-state index is 0.0215. The van der Waals surface area contributed by atoms with Crippen LogP contribution in [-0.4, -0.2) is 6.54 Å². The van der Waals surface area contributed by atoms with Crippen molar-refractivity contribution < 1.29 is 8.81 Å². The number of fused-ring (bicyclic) bond motifs is 1. The van der Waals surface area contributed by atoms with Gasteiger partial charge in [-0.1, -0.05) is 19.1 Å². The summed E-state index contributed by atoms with van der Waals surface area (Å²) in [6.45, 7) is 4.96. The van der Waals surface area contributed by atoms with Crippen LogP contribution in [0.25, 0.3) is 11.0 Å². The lowest BCUT2D eigenvalue weighted by molar-refractivity contribution is 0.467. The Bertz CT molecular complexity index is 731. The van der Waals surface area contributed by atoms with Crippen LogP contribution >= 0.6 is 11.3 Å². The number of aryl methyl sites for hydroxylation is 1. The van der Waals surface area contributed by atoms with Gasteiger partial charge in [-0.05, 0) is 42.6 Å². The molecule has 2 aromatic heterocycles. The normalized spacial score (nSPS) is 12.9. The first-order valence-electron chi connectivity index (χ1n) is 6.66. The summed E-state index contributed by atoms with van der Waals surface area (Å²) in [5.74, 6) is 0.449. The molecule has 1 unspecified atom stereocenters. The molecule has 4 heteroatoms. The van der Waals surface area contributed by atoms with Crippen LogP contribution in [0.5, 0.6) is 0 Å². The van der Waals surface area contributed by atoms with E-state index < -0.39 is 0 Å². The zero-order chi connectivity index (χ0) is 14.1. The van der Waals surface area contributed by atoms with E-state index in [4.69, 9.17) is 4.42 Å². The van der Waals surface area contributed by atoms with E-state index in [0.717, 1.165) is 17.7 Å². The molecule has 1 N–H and O–H groups in total. The van der Waals surface area contributed by atoms with Gasteiger partial charge in [0.15, 0.2) is 11.4 Å². The summed E-state index contributed by atoms with van der Waals surface area (Å²) < 4.78 is 19.5. The van der Waals surface area contributed by atoms with Crippen LogP contribution in [0.3, 0.4) is 0 Å². The van der Waals surface area contributed by atoms with Crippen molar-refractivity contribution in [1.29, 1.82) is 0 Å². The van der Waals surface area contributed by atoms with Gasteiger partial charge in [0, 0.05) is 10.3 Å². The Labute approximate surface area is 121 Å². The van der Waals surface area contributed by atoms with Gasteiger partial charge in [-0.3, -0.25) is 0 Å². The molecule has 0 fully saturated rings. The van der Waals surface area contributed by atoms with E-state index in [1.165, 1.54) is 16.5 Å². The SMILES string of the molecule is CCNC(c1cc2cccc(F)c2o1)c1sccc1C. The lowest BCUT2D eigenvalue weighted by Crippen LogP contribution is -2.21. The molecule has 0 bridgehead atoms. The molecule has 0 aliphatic carbocycles. The smallest absolute Gasteiger partial charge is 0.169 e. The lowest BCUT2D eigenvalue weighted by Gasteiger charge is -2.15. The number of hydrogen-bond acceptors (Lipinski definition) is 3. The van der Waals surface area contributed by atoms with Gasteiger partial charge in [-0.2, -0.15) is 0 Å². The molecule has 2 heterocycles. The quantitative estimate of drug-likeness (QED) is 0.757. The summed E-state index contributed by atoms with van der Waals surface area (Å²) >= 11 is 1.69. The Morgan fingerprint density at radius 3 is 2.85 bits per heavy atom. The molecule has 3 aromatic rings. The molecule has 2 nitrogen and oxygen atoms in total. The molecule has 20 heavy (non-hydrogen) atoms. The summed E-state index contributed by atoms with van der Waals surface area (Å²) in [5.41, 5.74) is 1.56. The highest BCUT2D eigenvalue weighted by atomic mass is 32.1. The van der Waals surface area contributed by atoms with Crippen molar-refractivity contribution in [2.75, 3.05) is 6.54 Å². The molecule has 0 radical (unpaired) electrons. The third kappa shape index (κ3) is 2.25. The number of rotatable bonds is 4. The van der Waals surface area contributed by atoms with Crippen LogP contribution in [0, 0.1) is 12.7 Å². The summed E-state index contributed by atoms with van der Waals surface area (Å²) in [4.78, 5) is 1.21. The predicted octanol–water partition coefficient (Wildman–Crippen LogP) is 4.64. The van der Waals surface area contributed by atoms with Crippen LogP contribution in [0.2, 0.25) is 0 Å². The molecular formula is C16H16FNOS. The average Bonchev–Trinajstić information content (AvgIpc) is 3.03. The maximum absolute atomic E-state index is 13.8. The zero-order valence-corrected chi connectivity index (χ0v) is 12.3. The first kappa shape index (κ1) is 13.3. The molecule has 0 aliphatic heterocycles. The number of benzene rings is 1. The highest BCUT2D eigenvalue weighted by molar-refractivity contribution is 7.10. The number of para-hydroxylation sites is 1. The summed E-state index contributed by atoms with van der Waals surface area (Å²) in [6.07, 6.45) is 0. The van der Waals surface area contributed by atoms with Crippen LogP contribution in [0.1, 0.15) is 29.2 Å². The average molecular weight is 289 g/mol. The lowest BCUT2D eigenvalue weighted by atomic mass is 10.1.